The topological polar surface area (TPSA) is 74.0 Å². The lowest BCUT2D eigenvalue weighted by Crippen LogP contribution is -1.98. The van der Waals surface area contributed by atoms with Gasteiger partial charge in [0.25, 0.3) is 0 Å². The lowest BCUT2D eigenvalue weighted by atomic mass is 10.2. The molecule has 0 atom stereocenters. The van der Waals surface area contributed by atoms with Crippen LogP contribution in [-0.4, -0.2) is 17.1 Å². The molecule has 0 unspecified atom stereocenters. The molecule has 0 bridgehead atoms. The van der Waals surface area contributed by atoms with Gasteiger partial charge >= 0.3 is 0 Å². The third kappa shape index (κ3) is 2.34. The van der Waals surface area contributed by atoms with Crippen molar-refractivity contribution in [3.63, 3.8) is 0 Å². The number of rotatable bonds is 4. The highest BCUT2D eigenvalue weighted by molar-refractivity contribution is 5.51. The summed E-state index contributed by atoms with van der Waals surface area (Å²) in [6, 6.07) is 5.21. The van der Waals surface area contributed by atoms with Crippen LogP contribution in [0.5, 0.6) is 17.2 Å². The van der Waals surface area contributed by atoms with Gasteiger partial charge < -0.3 is 23.8 Å². The molecule has 1 aromatic carbocycles. The van der Waals surface area contributed by atoms with Crippen molar-refractivity contribution in [2.45, 2.75) is 20.1 Å². The van der Waals surface area contributed by atoms with Crippen LogP contribution in [0, 0.1) is 6.92 Å². The molecule has 19 heavy (non-hydrogen) atoms. The van der Waals surface area contributed by atoms with Crippen molar-refractivity contribution in [2.75, 3.05) is 6.79 Å². The van der Waals surface area contributed by atoms with Crippen LogP contribution in [0.1, 0.15) is 17.0 Å². The Labute approximate surface area is 109 Å². The van der Waals surface area contributed by atoms with Crippen LogP contribution in [0.2, 0.25) is 0 Å². The van der Waals surface area contributed by atoms with Gasteiger partial charge in [0.1, 0.15) is 12.4 Å². The molecule has 0 saturated heterocycles. The number of aliphatic hydroxyl groups is 1. The summed E-state index contributed by atoms with van der Waals surface area (Å²) in [6.45, 7) is 2.13. The second-order valence-electron chi connectivity index (χ2n) is 4.19. The molecule has 1 aliphatic heterocycles. The summed E-state index contributed by atoms with van der Waals surface area (Å²) >= 11 is 0. The SMILES string of the molecule is Cc1cc(COc2cc3c(cc2CO)OCO3)on1. The fraction of sp³-hybridized carbons (Fsp3) is 0.308. The molecular formula is C13H13NO5. The summed E-state index contributed by atoms with van der Waals surface area (Å²) in [7, 11) is 0. The van der Waals surface area contributed by atoms with Crippen LogP contribution >= 0.6 is 0 Å². The van der Waals surface area contributed by atoms with Crippen LogP contribution in [0.3, 0.4) is 0 Å². The molecule has 100 valence electrons. The van der Waals surface area contributed by atoms with E-state index in [1.165, 1.54) is 0 Å². The first-order valence-electron chi connectivity index (χ1n) is 5.84. The molecule has 0 spiro atoms. The predicted molar refractivity (Wildman–Crippen MR) is 64.1 cm³/mol. The number of nitrogens with zero attached hydrogens (tertiary/aromatic N) is 1. The van der Waals surface area contributed by atoms with E-state index in [1.807, 2.05) is 6.92 Å². The monoisotopic (exact) mass is 263 g/mol. The second-order valence-corrected chi connectivity index (χ2v) is 4.19. The highest BCUT2D eigenvalue weighted by Gasteiger charge is 2.18. The van der Waals surface area contributed by atoms with E-state index >= 15 is 0 Å². The molecule has 0 saturated carbocycles. The maximum atomic E-state index is 9.34. The molecule has 0 amide bonds. The van der Waals surface area contributed by atoms with Gasteiger partial charge in [0.2, 0.25) is 6.79 Å². The van der Waals surface area contributed by atoms with Gasteiger partial charge in [-0.05, 0) is 13.0 Å². The third-order valence-corrected chi connectivity index (χ3v) is 2.77. The first-order chi connectivity index (χ1) is 9.26. The molecule has 2 heterocycles. The van der Waals surface area contributed by atoms with Gasteiger partial charge in [-0.2, -0.15) is 0 Å². The molecule has 2 aromatic rings. The number of aliphatic hydroxyl groups excluding tert-OH is 1. The van der Waals surface area contributed by atoms with Gasteiger partial charge in [0.05, 0.1) is 12.3 Å². The fourth-order valence-corrected chi connectivity index (χ4v) is 1.86. The Morgan fingerprint density at radius 3 is 2.74 bits per heavy atom. The van der Waals surface area contributed by atoms with Crippen LogP contribution in [0.15, 0.2) is 22.7 Å². The Balaban J connectivity index is 1.80. The maximum absolute atomic E-state index is 9.34. The smallest absolute Gasteiger partial charge is 0.231 e. The number of benzene rings is 1. The van der Waals surface area contributed by atoms with Gasteiger partial charge in [-0.1, -0.05) is 5.16 Å². The van der Waals surface area contributed by atoms with Gasteiger partial charge in [-0.3, -0.25) is 0 Å². The minimum Gasteiger partial charge on any atom is -0.485 e. The molecule has 0 radical (unpaired) electrons. The third-order valence-electron chi connectivity index (χ3n) is 2.77. The van der Waals surface area contributed by atoms with E-state index in [9.17, 15) is 5.11 Å². The quantitative estimate of drug-likeness (QED) is 0.906. The molecule has 0 fully saturated rings. The number of aromatic nitrogens is 1. The molecule has 6 nitrogen and oxygen atoms in total. The maximum Gasteiger partial charge on any atom is 0.231 e. The summed E-state index contributed by atoms with van der Waals surface area (Å²) in [5.41, 5.74) is 1.44. The molecule has 1 aromatic heterocycles. The lowest BCUT2D eigenvalue weighted by molar-refractivity contribution is 0.173. The van der Waals surface area contributed by atoms with Gasteiger partial charge in [0.15, 0.2) is 17.3 Å². The van der Waals surface area contributed by atoms with Crippen molar-refractivity contribution >= 4 is 0 Å². The normalized spacial score (nSPS) is 12.7. The number of hydrogen-bond acceptors (Lipinski definition) is 6. The minimum atomic E-state index is -0.137. The van der Waals surface area contributed by atoms with Crippen molar-refractivity contribution < 1.29 is 23.8 Å². The van der Waals surface area contributed by atoms with E-state index in [2.05, 4.69) is 5.16 Å². The van der Waals surface area contributed by atoms with Crippen LogP contribution in [-0.2, 0) is 13.2 Å². The highest BCUT2D eigenvalue weighted by atomic mass is 16.7. The molecular weight excluding hydrogens is 250 g/mol. The largest absolute Gasteiger partial charge is 0.485 e. The number of ether oxygens (including phenoxy) is 3. The van der Waals surface area contributed by atoms with Gasteiger partial charge in [0, 0.05) is 17.7 Å². The first kappa shape index (κ1) is 11.9. The Bertz CT molecular complexity index is 593. The summed E-state index contributed by atoms with van der Waals surface area (Å²) in [5.74, 6) is 2.40. The molecule has 1 N–H and O–H groups in total. The zero-order valence-corrected chi connectivity index (χ0v) is 10.4. The van der Waals surface area contributed by atoms with Crippen molar-refractivity contribution in [1.82, 2.24) is 5.16 Å². The average Bonchev–Trinajstić information content (AvgIpc) is 3.03. The predicted octanol–water partition coefficient (Wildman–Crippen LogP) is 1.78. The average molecular weight is 263 g/mol. The van der Waals surface area contributed by atoms with Gasteiger partial charge in [-0.25, -0.2) is 0 Å². The molecule has 1 aliphatic rings. The second kappa shape index (κ2) is 4.81. The summed E-state index contributed by atoms with van der Waals surface area (Å²) in [4.78, 5) is 0. The number of fused-ring (bicyclic) bond motifs is 1. The van der Waals surface area contributed by atoms with E-state index in [0.29, 0.717) is 28.6 Å². The first-order valence-corrected chi connectivity index (χ1v) is 5.84. The molecule has 0 aliphatic carbocycles. The highest BCUT2D eigenvalue weighted by Crippen LogP contribution is 2.38. The summed E-state index contributed by atoms with van der Waals surface area (Å²) in [5, 5.41) is 13.1. The van der Waals surface area contributed by atoms with Crippen LogP contribution in [0.4, 0.5) is 0 Å². The number of aryl methyl sites for hydroxylation is 1. The summed E-state index contributed by atoms with van der Waals surface area (Å²) < 4.78 is 21.2. The number of hydrogen-bond donors (Lipinski definition) is 1. The van der Waals surface area contributed by atoms with Crippen LogP contribution in [0.25, 0.3) is 0 Å². The Hall–Kier alpha value is -2.21. The van der Waals surface area contributed by atoms with Crippen molar-refractivity contribution in [3.8, 4) is 17.2 Å². The summed E-state index contributed by atoms with van der Waals surface area (Å²) in [6.07, 6.45) is 0. The Morgan fingerprint density at radius 2 is 2.05 bits per heavy atom. The van der Waals surface area contributed by atoms with E-state index in [1.54, 1.807) is 18.2 Å². The minimum absolute atomic E-state index is 0.137. The molecule has 6 heteroatoms. The lowest BCUT2D eigenvalue weighted by Gasteiger charge is -2.09. The van der Waals surface area contributed by atoms with E-state index in [-0.39, 0.29) is 20.0 Å². The molecule has 3 rings (SSSR count). The standard InChI is InChI=1S/C13H13NO5/c1-8-2-10(19-14-8)6-16-11-4-13-12(17-7-18-13)3-9(11)5-15/h2-4,15H,5-7H2,1H3. The van der Waals surface area contributed by atoms with Gasteiger partial charge in [-0.15, -0.1) is 0 Å². The van der Waals surface area contributed by atoms with Crippen molar-refractivity contribution in [3.05, 3.63) is 35.2 Å². The van der Waals surface area contributed by atoms with Crippen LogP contribution < -0.4 is 14.2 Å². The zero-order valence-electron chi connectivity index (χ0n) is 10.4. The van der Waals surface area contributed by atoms with E-state index < -0.39 is 0 Å². The fourth-order valence-electron chi connectivity index (χ4n) is 1.86. The Kier molecular flexibility index (Phi) is 3.00. The van der Waals surface area contributed by atoms with E-state index in [4.69, 9.17) is 18.7 Å². The van der Waals surface area contributed by atoms with Crippen molar-refractivity contribution in [2.24, 2.45) is 0 Å². The Morgan fingerprint density at radius 1 is 1.26 bits per heavy atom. The van der Waals surface area contributed by atoms with E-state index in [0.717, 1.165) is 5.69 Å². The van der Waals surface area contributed by atoms with Crippen molar-refractivity contribution in [1.29, 1.82) is 0 Å². The zero-order chi connectivity index (χ0) is 13.2.